The number of esters is 2. The molecular formula is C76H122NO8+. The molecule has 0 aromatic heterocycles. The maximum atomic E-state index is 12.9. The number of hydrogen-bond donors (Lipinski definition) is 1. The molecule has 0 amide bonds. The molecule has 2 atom stereocenters. The molecule has 0 spiro atoms. The van der Waals surface area contributed by atoms with Gasteiger partial charge in [-0.2, -0.15) is 0 Å². The van der Waals surface area contributed by atoms with Gasteiger partial charge >= 0.3 is 17.9 Å². The third-order valence-corrected chi connectivity index (χ3v) is 13.5. The van der Waals surface area contributed by atoms with E-state index in [4.69, 9.17) is 18.9 Å². The number of carboxylic acids is 1. The molecule has 0 heterocycles. The van der Waals surface area contributed by atoms with Crippen LogP contribution in [0.15, 0.2) is 170 Å². The molecule has 478 valence electrons. The average molecular weight is 1180 g/mol. The quantitative estimate of drug-likeness (QED) is 0.0211. The van der Waals surface area contributed by atoms with E-state index in [-0.39, 0.29) is 38.6 Å². The number of quaternary nitrogens is 1. The van der Waals surface area contributed by atoms with Gasteiger partial charge in [0.05, 0.1) is 34.4 Å². The van der Waals surface area contributed by atoms with Crippen LogP contribution in [-0.2, 0) is 33.3 Å². The lowest BCUT2D eigenvalue weighted by Gasteiger charge is -2.25. The molecule has 0 aromatic rings. The van der Waals surface area contributed by atoms with Gasteiger partial charge in [-0.15, -0.1) is 0 Å². The first-order valence-electron chi connectivity index (χ1n) is 33.3. The summed E-state index contributed by atoms with van der Waals surface area (Å²) in [5, 5.41) is 9.74. The molecule has 0 radical (unpaired) electrons. The molecule has 0 fully saturated rings. The zero-order valence-electron chi connectivity index (χ0n) is 54.4. The van der Waals surface area contributed by atoms with Crippen LogP contribution in [0.4, 0.5) is 0 Å². The van der Waals surface area contributed by atoms with Crippen molar-refractivity contribution in [3.63, 3.8) is 0 Å². The molecule has 0 bridgehead atoms. The summed E-state index contributed by atoms with van der Waals surface area (Å²) in [5.41, 5.74) is 0. The van der Waals surface area contributed by atoms with E-state index in [1.807, 2.05) is 21.1 Å². The second kappa shape index (κ2) is 64.6. The van der Waals surface area contributed by atoms with Crippen LogP contribution >= 0.6 is 0 Å². The summed E-state index contributed by atoms with van der Waals surface area (Å²) in [6, 6.07) is 0. The van der Waals surface area contributed by atoms with Gasteiger partial charge in [-0.05, 0) is 128 Å². The van der Waals surface area contributed by atoms with Crippen molar-refractivity contribution in [2.45, 2.75) is 245 Å². The van der Waals surface area contributed by atoms with Crippen molar-refractivity contribution in [3.05, 3.63) is 170 Å². The van der Waals surface area contributed by atoms with E-state index in [2.05, 4.69) is 184 Å². The number of likely N-dealkylation sites (N-methyl/N-ethyl adjacent to an activating group) is 1. The first-order chi connectivity index (χ1) is 41.6. The number of carbonyl (C=O) groups excluding carboxylic acids is 2. The van der Waals surface area contributed by atoms with E-state index < -0.39 is 24.3 Å². The number of unbranched alkanes of at least 4 members (excludes halogenated alkanes) is 16. The van der Waals surface area contributed by atoms with E-state index in [1.165, 1.54) is 38.5 Å². The van der Waals surface area contributed by atoms with Gasteiger partial charge < -0.3 is 28.5 Å². The highest BCUT2D eigenvalue weighted by molar-refractivity contribution is 5.71. The minimum Gasteiger partial charge on any atom is -0.477 e. The summed E-state index contributed by atoms with van der Waals surface area (Å²) in [6.45, 7) is 4.61. The number of nitrogens with zero attached hydrogens (tertiary/aromatic N) is 1. The molecule has 9 heteroatoms. The predicted octanol–water partition coefficient (Wildman–Crippen LogP) is 20.7. The van der Waals surface area contributed by atoms with Crippen molar-refractivity contribution >= 4 is 17.9 Å². The van der Waals surface area contributed by atoms with Crippen LogP contribution in [-0.4, -0.2) is 87.4 Å². The summed E-state index contributed by atoms with van der Waals surface area (Å²) in [4.78, 5) is 37.6. The van der Waals surface area contributed by atoms with Crippen LogP contribution in [0.5, 0.6) is 0 Å². The minimum atomic E-state index is -1.53. The highest BCUT2D eigenvalue weighted by Gasteiger charge is 2.25. The number of rotatable bonds is 59. The summed E-state index contributed by atoms with van der Waals surface area (Å²) in [6.07, 6.45) is 94.4. The zero-order chi connectivity index (χ0) is 61.9. The van der Waals surface area contributed by atoms with Gasteiger partial charge in [-0.1, -0.05) is 261 Å². The highest BCUT2D eigenvalue weighted by Crippen LogP contribution is 2.15. The van der Waals surface area contributed by atoms with Crippen molar-refractivity contribution < 1.29 is 42.9 Å². The number of aliphatic carboxylic acids is 1. The molecule has 0 aliphatic carbocycles. The molecule has 0 aromatic carbocycles. The first-order valence-corrected chi connectivity index (χ1v) is 33.3. The van der Waals surface area contributed by atoms with E-state index >= 15 is 0 Å². The summed E-state index contributed by atoms with van der Waals surface area (Å²) in [7, 11) is 5.95. The lowest BCUT2D eigenvalue weighted by atomic mass is 10.0. The van der Waals surface area contributed by atoms with Crippen LogP contribution in [0, 0.1) is 0 Å². The van der Waals surface area contributed by atoms with Crippen molar-refractivity contribution in [1.29, 1.82) is 0 Å². The number of hydrogen-bond acceptors (Lipinski definition) is 7. The number of carbonyl (C=O) groups is 3. The van der Waals surface area contributed by atoms with Crippen LogP contribution in [0.2, 0.25) is 0 Å². The molecule has 0 aliphatic rings. The van der Waals surface area contributed by atoms with Gasteiger partial charge in [0, 0.05) is 12.8 Å². The lowest BCUT2D eigenvalue weighted by molar-refractivity contribution is -0.870. The average Bonchev–Trinajstić information content (AvgIpc) is 3.48. The van der Waals surface area contributed by atoms with Gasteiger partial charge in [0.2, 0.25) is 0 Å². The topological polar surface area (TPSA) is 108 Å². The highest BCUT2D eigenvalue weighted by atomic mass is 16.7. The minimum absolute atomic E-state index is 0.175. The zero-order valence-corrected chi connectivity index (χ0v) is 54.4. The van der Waals surface area contributed by atoms with Crippen molar-refractivity contribution in [3.8, 4) is 0 Å². The Morgan fingerprint density at radius 3 is 0.941 bits per heavy atom. The van der Waals surface area contributed by atoms with Crippen LogP contribution in [0.3, 0.4) is 0 Å². The molecule has 0 aliphatic heterocycles. The van der Waals surface area contributed by atoms with Crippen LogP contribution < -0.4 is 0 Å². The maximum Gasteiger partial charge on any atom is 0.361 e. The van der Waals surface area contributed by atoms with Gasteiger partial charge in [-0.3, -0.25) is 9.59 Å². The molecule has 0 saturated carbocycles. The predicted molar refractivity (Wildman–Crippen MR) is 363 cm³/mol. The monoisotopic (exact) mass is 1180 g/mol. The Morgan fingerprint density at radius 2 is 0.635 bits per heavy atom. The third-order valence-electron chi connectivity index (χ3n) is 13.5. The Kier molecular flexibility index (Phi) is 60.6. The number of ether oxygens (including phenoxy) is 4. The Bertz CT molecular complexity index is 2000. The molecule has 0 rings (SSSR count). The Hall–Kier alpha value is -5.35. The SMILES string of the molecule is CC/C=C\C/C=C\C/C=C\C/C=C\C/C=C\C/C=C\C/C=C\C/C=C\CCCCCCCCCCCCC(=O)OC(COC(=O)CCCCCCCC/C=C\C/C=C\C/C=C\C/C=C\C/C=C\C/C=C\CC)COC(OCC[N+](C)(C)C)C(=O)O. The van der Waals surface area contributed by atoms with Crippen molar-refractivity contribution in [1.82, 2.24) is 0 Å². The van der Waals surface area contributed by atoms with Gasteiger partial charge in [0.25, 0.3) is 6.29 Å². The fourth-order valence-corrected chi connectivity index (χ4v) is 8.44. The fourth-order valence-electron chi connectivity index (χ4n) is 8.44. The molecule has 9 nitrogen and oxygen atoms in total. The summed E-state index contributed by atoms with van der Waals surface area (Å²) in [5.74, 6) is -2.05. The second-order valence-electron chi connectivity index (χ2n) is 22.7. The Morgan fingerprint density at radius 1 is 0.353 bits per heavy atom. The smallest absolute Gasteiger partial charge is 0.361 e. The second-order valence-corrected chi connectivity index (χ2v) is 22.7. The number of allylic oxidation sites excluding steroid dienone is 28. The first kappa shape index (κ1) is 79.7. The fraction of sp³-hybridized carbons (Fsp3) is 0.592. The Labute approximate surface area is 520 Å². The van der Waals surface area contributed by atoms with Crippen LogP contribution in [0.1, 0.15) is 232 Å². The van der Waals surface area contributed by atoms with Crippen molar-refractivity contribution in [2.75, 3.05) is 47.5 Å². The van der Waals surface area contributed by atoms with Crippen LogP contribution in [0.25, 0.3) is 0 Å². The van der Waals surface area contributed by atoms with E-state index in [1.54, 1.807) is 0 Å². The standard InChI is InChI=1S/C76H121NO8/c1-6-8-10-12-14-16-18-20-22-24-26-28-30-32-33-34-35-36-37-38-39-40-41-43-45-47-49-51-53-55-57-59-61-63-65-67-74(79)85-72(71-84-76(75(80)81)82-69-68-77(3,4)5)70-83-73(78)66-64-62-60-58-56-54-52-50-48-46-44-42-31-29-27-25-23-21-19-17-15-13-11-9-7-2/h8-11,14-17,20-23,26-29,32-33,35-36,38-39,41-44,48,50,72,76H,6-7,12-13,18-19,24-25,30-31,34,37,40,45-47,49,51-71H2,1-5H3/p+1/b10-8-,11-9-,16-14-,17-15-,22-20-,23-21-,28-26-,29-27-,33-32-,36-35-,39-38-,43-41-,44-42-,50-48-. The third kappa shape index (κ3) is 66.0. The van der Waals surface area contributed by atoms with E-state index in [0.717, 1.165) is 161 Å². The largest absolute Gasteiger partial charge is 0.477 e. The molecule has 2 unspecified atom stereocenters. The lowest BCUT2D eigenvalue weighted by Crippen LogP contribution is -2.40. The Balaban J connectivity index is 4.25. The van der Waals surface area contributed by atoms with Gasteiger partial charge in [0.1, 0.15) is 13.2 Å². The molecule has 85 heavy (non-hydrogen) atoms. The summed E-state index contributed by atoms with van der Waals surface area (Å²) < 4.78 is 22.9. The summed E-state index contributed by atoms with van der Waals surface area (Å²) >= 11 is 0. The van der Waals surface area contributed by atoms with Gasteiger partial charge in [0.15, 0.2) is 6.10 Å². The molecular weight excluding hydrogens is 1050 g/mol. The van der Waals surface area contributed by atoms with Crippen molar-refractivity contribution in [2.24, 2.45) is 0 Å². The molecule has 0 saturated heterocycles. The normalized spacial score (nSPS) is 13.8. The molecule has 1 N–H and O–H groups in total. The van der Waals surface area contributed by atoms with Gasteiger partial charge in [-0.25, -0.2) is 4.79 Å². The van der Waals surface area contributed by atoms with E-state index in [9.17, 15) is 19.5 Å². The van der Waals surface area contributed by atoms with E-state index in [0.29, 0.717) is 17.4 Å². The number of carboxylic acid groups (broad SMARTS) is 1. The maximum absolute atomic E-state index is 12.9.